The number of nitrogens with zero attached hydrogens (tertiary/aromatic N) is 1. The summed E-state index contributed by atoms with van der Waals surface area (Å²) in [6.07, 6.45) is 2.95. The molecule has 1 aliphatic heterocycles. The highest BCUT2D eigenvalue weighted by atomic mass is 16.6. The molecule has 78 valence electrons. The van der Waals surface area contributed by atoms with Crippen molar-refractivity contribution in [2.75, 3.05) is 13.2 Å². The molecule has 0 spiro atoms. The van der Waals surface area contributed by atoms with Crippen LogP contribution in [0.2, 0.25) is 0 Å². The predicted molar refractivity (Wildman–Crippen MR) is 55.9 cm³/mol. The monoisotopic (exact) mass is 195 g/mol. The Morgan fingerprint density at radius 2 is 1.79 bits per heavy atom. The largest absolute Gasteiger partial charge is 0.486 e. The molecule has 3 heteroatoms. The summed E-state index contributed by atoms with van der Waals surface area (Å²) in [4.78, 5) is 4.09. The Labute approximate surface area is 85.1 Å². The molecule has 2 heterocycles. The zero-order valence-electron chi connectivity index (χ0n) is 9.04. The number of rotatable bonds is 0. The van der Waals surface area contributed by atoms with Crippen LogP contribution in [0, 0.1) is 6.92 Å². The second kappa shape index (κ2) is 5.47. The summed E-state index contributed by atoms with van der Waals surface area (Å²) in [6.45, 7) is 7.44. The Hall–Kier alpha value is -1.25. The summed E-state index contributed by atoms with van der Waals surface area (Å²) in [7, 11) is 0. The van der Waals surface area contributed by atoms with Gasteiger partial charge in [-0.1, -0.05) is 20.3 Å². The molecule has 0 unspecified atom stereocenters. The molecule has 0 N–H and O–H groups in total. The van der Waals surface area contributed by atoms with Crippen molar-refractivity contribution >= 4 is 0 Å². The second-order valence-electron chi connectivity index (χ2n) is 3.18. The molecule has 0 atom stereocenters. The van der Waals surface area contributed by atoms with Crippen LogP contribution in [0.4, 0.5) is 0 Å². The van der Waals surface area contributed by atoms with Crippen LogP contribution in [0.3, 0.4) is 0 Å². The summed E-state index contributed by atoms with van der Waals surface area (Å²) in [6, 6.07) is 1.88. The molecule has 1 aromatic heterocycles. The molecular formula is C11H17NO2. The van der Waals surface area contributed by atoms with E-state index in [-0.39, 0.29) is 0 Å². The molecule has 2 rings (SSSR count). The van der Waals surface area contributed by atoms with E-state index < -0.39 is 0 Å². The number of ether oxygens (including phenoxy) is 2. The van der Waals surface area contributed by atoms with E-state index in [9.17, 15) is 0 Å². The van der Waals surface area contributed by atoms with Crippen LogP contribution in [0.25, 0.3) is 0 Å². The maximum Gasteiger partial charge on any atom is 0.179 e. The van der Waals surface area contributed by atoms with E-state index in [1.54, 1.807) is 6.20 Å². The number of hydrogen-bond donors (Lipinski definition) is 0. The molecule has 0 saturated heterocycles. The van der Waals surface area contributed by atoms with Gasteiger partial charge in [-0.25, -0.2) is 0 Å². The highest BCUT2D eigenvalue weighted by Crippen LogP contribution is 2.28. The van der Waals surface area contributed by atoms with Crippen molar-refractivity contribution in [1.82, 2.24) is 4.98 Å². The SMILES string of the molecule is CCC.Cc1cc2c(cn1)OCCO2. The number of aryl methyl sites for hydroxylation is 1. The molecule has 0 aromatic carbocycles. The normalized spacial score (nSPS) is 12.8. The van der Waals surface area contributed by atoms with Gasteiger partial charge in [-0.3, -0.25) is 4.98 Å². The third kappa shape index (κ3) is 2.91. The minimum absolute atomic E-state index is 0.623. The number of fused-ring (bicyclic) bond motifs is 1. The van der Waals surface area contributed by atoms with Gasteiger partial charge >= 0.3 is 0 Å². The summed E-state index contributed by atoms with van der Waals surface area (Å²) < 4.78 is 10.6. The minimum Gasteiger partial charge on any atom is -0.486 e. The van der Waals surface area contributed by atoms with Gasteiger partial charge in [-0.15, -0.1) is 0 Å². The Kier molecular flexibility index (Phi) is 4.23. The van der Waals surface area contributed by atoms with Crippen molar-refractivity contribution in [2.45, 2.75) is 27.2 Å². The lowest BCUT2D eigenvalue weighted by Crippen LogP contribution is -2.15. The van der Waals surface area contributed by atoms with Crippen molar-refractivity contribution < 1.29 is 9.47 Å². The van der Waals surface area contributed by atoms with E-state index in [0.29, 0.717) is 13.2 Å². The van der Waals surface area contributed by atoms with Gasteiger partial charge in [-0.2, -0.15) is 0 Å². The van der Waals surface area contributed by atoms with Crippen LogP contribution >= 0.6 is 0 Å². The van der Waals surface area contributed by atoms with Gasteiger partial charge in [0.25, 0.3) is 0 Å². The second-order valence-corrected chi connectivity index (χ2v) is 3.18. The zero-order valence-corrected chi connectivity index (χ0v) is 9.04. The lowest BCUT2D eigenvalue weighted by atomic mass is 10.3. The van der Waals surface area contributed by atoms with Crippen LogP contribution in [0.1, 0.15) is 26.0 Å². The van der Waals surface area contributed by atoms with E-state index in [2.05, 4.69) is 18.8 Å². The van der Waals surface area contributed by atoms with Crippen molar-refractivity contribution in [3.05, 3.63) is 18.0 Å². The summed E-state index contributed by atoms with van der Waals surface area (Å²) >= 11 is 0. The van der Waals surface area contributed by atoms with Crippen LogP contribution in [0.5, 0.6) is 11.5 Å². The standard InChI is InChI=1S/C8H9NO2.C3H8/c1-6-4-7-8(5-9-6)11-3-2-10-7;1-3-2/h4-5H,2-3H2,1H3;3H2,1-2H3. The predicted octanol–water partition coefficient (Wildman–Crippen LogP) is 2.58. The highest BCUT2D eigenvalue weighted by molar-refractivity contribution is 5.39. The fourth-order valence-corrected chi connectivity index (χ4v) is 1.05. The first-order valence-electron chi connectivity index (χ1n) is 5.00. The Bertz CT molecular complexity index is 287. The number of pyridine rings is 1. The van der Waals surface area contributed by atoms with E-state index in [1.165, 1.54) is 6.42 Å². The summed E-state index contributed by atoms with van der Waals surface area (Å²) in [5, 5.41) is 0. The quantitative estimate of drug-likeness (QED) is 0.637. The first kappa shape index (κ1) is 10.8. The van der Waals surface area contributed by atoms with E-state index >= 15 is 0 Å². The Balaban J connectivity index is 0.000000293. The maximum absolute atomic E-state index is 5.34. The molecule has 0 saturated carbocycles. The van der Waals surface area contributed by atoms with Gasteiger partial charge in [0.1, 0.15) is 13.2 Å². The lowest BCUT2D eigenvalue weighted by molar-refractivity contribution is 0.170. The molecule has 0 bridgehead atoms. The average molecular weight is 195 g/mol. The van der Waals surface area contributed by atoms with E-state index in [1.807, 2.05) is 13.0 Å². The van der Waals surface area contributed by atoms with Gasteiger partial charge in [0, 0.05) is 11.8 Å². The van der Waals surface area contributed by atoms with Gasteiger partial charge in [0.2, 0.25) is 0 Å². The minimum atomic E-state index is 0.623. The van der Waals surface area contributed by atoms with Crippen molar-refractivity contribution in [1.29, 1.82) is 0 Å². The number of hydrogen-bond acceptors (Lipinski definition) is 3. The van der Waals surface area contributed by atoms with Gasteiger partial charge in [0.15, 0.2) is 11.5 Å². The zero-order chi connectivity index (χ0) is 10.4. The van der Waals surface area contributed by atoms with Crippen molar-refractivity contribution in [3.63, 3.8) is 0 Å². The molecule has 0 aliphatic carbocycles. The molecule has 0 amide bonds. The summed E-state index contributed by atoms with van der Waals surface area (Å²) in [5.41, 5.74) is 0.953. The van der Waals surface area contributed by atoms with Crippen molar-refractivity contribution in [2.24, 2.45) is 0 Å². The van der Waals surface area contributed by atoms with Crippen molar-refractivity contribution in [3.8, 4) is 11.5 Å². The van der Waals surface area contributed by atoms with E-state index in [0.717, 1.165) is 17.2 Å². The molecule has 1 aliphatic rings. The maximum atomic E-state index is 5.34. The molecule has 0 radical (unpaired) electrons. The number of aromatic nitrogens is 1. The van der Waals surface area contributed by atoms with E-state index in [4.69, 9.17) is 9.47 Å². The van der Waals surface area contributed by atoms with Crippen LogP contribution < -0.4 is 9.47 Å². The topological polar surface area (TPSA) is 31.4 Å². The molecule has 3 nitrogen and oxygen atoms in total. The van der Waals surface area contributed by atoms with Crippen LogP contribution in [-0.4, -0.2) is 18.2 Å². The molecular weight excluding hydrogens is 178 g/mol. The van der Waals surface area contributed by atoms with Gasteiger partial charge in [0.05, 0.1) is 6.20 Å². The first-order chi connectivity index (χ1) is 6.77. The fourth-order valence-electron chi connectivity index (χ4n) is 1.05. The Morgan fingerprint density at radius 3 is 2.43 bits per heavy atom. The van der Waals surface area contributed by atoms with Crippen LogP contribution in [-0.2, 0) is 0 Å². The first-order valence-corrected chi connectivity index (χ1v) is 5.00. The third-order valence-electron chi connectivity index (χ3n) is 1.57. The Morgan fingerprint density at radius 1 is 1.21 bits per heavy atom. The van der Waals surface area contributed by atoms with Gasteiger partial charge < -0.3 is 9.47 Å². The molecule has 0 fully saturated rings. The third-order valence-corrected chi connectivity index (χ3v) is 1.57. The lowest BCUT2D eigenvalue weighted by Gasteiger charge is -2.17. The average Bonchev–Trinajstić information content (AvgIpc) is 2.19. The summed E-state index contributed by atoms with van der Waals surface area (Å²) in [5.74, 6) is 1.56. The molecule has 14 heavy (non-hydrogen) atoms. The fraction of sp³-hybridized carbons (Fsp3) is 0.545. The highest BCUT2D eigenvalue weighted by Gasteiger charge is 2.10. The smallest absolute Gasteiger partial charge is 0.179 e. The van der Waals surface area contributed by atoms with Crippen LogP contribution in [0.15, 0.2) is 12.3 Å². The van der Waals surface area contributed by atoms with Gasteiger partial charge in [-0.05, 0) is 6.92 Å². The molecule has 1 aromatic rings.